The first-order chi connectivity index (χ1) is 66.7. The predicted octanol–water partition coefficient (Wildman–Crippen LogP) is 21.1. The van der Waals surface area contributed by atoms with Crippen molar-refractivity contribution in [2.45, 2.75) is 308 Å². The first kappa shape index (κ1) is 106. The van der Waals surface area contributed by atoms with Gasteiger partial charge < -0.3 is 25.8 Å². The van der Waals surface area contributed by atoms with Crippen LogP contribution >= 0.6 is 0 Å². The summed E-state index contributed by atoms with van der Waals surface area (Å²) in [5, 5.41) is 29.5. The second kappa shape index (κ2) is 52.1. The van der Waals surface area contributed by atoms with Gasteiger partial charge in [-0.3, -0.25) is 64.1 Å². The van der Waals surface area contributed by atoms with Crippen LogP contribution in [0.4, 0.5) is 8.78 Å². The molecule has 9 aliphatic carbocycles. The van der Waals surface area contributed by atoms with Crippen LogP contribution in [0.3, 0.4) is 0 Å². The van der Waals surface area contributed by atoms with Crippen molar-refractivity contribution in [3.8, 4) is 5.75 Å². The van der Waals surface area contributed by atoms with Gasteiger partial charge in [0.15, 0.2) is 46.3 Å². The summed E-state index contributed by atoms with van der Waals surface area (Å²) in [5.41, 5.74) is 5.60. The first-order valence-corrected chi connectivity index (χ1v) is 51.7. The molecule has 11 aliphatic rings. The molecule has 0 aromatic heterocycles. The number of carbonyl (C=O) groups excluding carboxylic acids is 8. The Kier molecular flexibility index (Phi) is 40.4. The summed E-state index contributed by atoms with van der Waals surface area (Å²) in [5.74, 6) is 2.41. The summed E-state index contributed by atoms with van der Waals surface area (Å²) in [6.07, 6.45) is 38.0. The van der Waals surface area contributed by atoms with E-state index >= 15 is 0 Å². The molecule has 0 amide bonds. The van der Waals surface area contributed by atoms with Crippen molar-refractivity contribution >= 4 is 46.3 Å². The second-order valence-electron chi connectivity index (χ2n) is 39.3. The highest BCUT2D eigenvalue weighted by molar-refractivity contribution is 5.95. The van der Waals surface area contributed by atoms with Crippen LogP contribution in [0, 0.1) is 12.7 Å². The fraction of sp³-hybridized carbons (Fsp3) is 0.521. The summed E-state index contributed by atoms with van der Waals surface area (Å²) in [6.45, 7) is 7.54. The number of phenols is 1. The molecule has 736 valence electrons. The number of ether oxygens (including phenoxy) is 1. The number of Topliss-reactive ketones (excluding diaryl/α,β-unsaturated/α-hetero) is 8. The molecule has 8 aromatic rings. The van der Waals surface area contributed by atoms with Crippen LogP contribution in [0.5, 0.6) is 5.75 Å². The monoisotopic (exact) mass is 1870 g/mol. The zero-order valence-corrected chi connectivity index (χ0v) is 82.4. The topological polar surface area (TPSA) is 245 Å². The molecule has 0 unspecified atom stereocenters. The van der Waals surface area contributed by atoms with Gasteiger partial charge in [-0.1, -0.05) is 264 Å². The Labute approximate surface area is 814 Å². The van der Waals surface area contributed by atoms with Gasteiger partial charge in [-0.05, 0) is 258 Å². The van der Waals surface area contributed by atoms with Gasteiger partial charge in [-0.25, -0.2) is 8.78 Å². The number of hydrogen-bond donors (Lipinski definition) is 7. The van der Waals surface area contributed by atoms with Crippen molar-refractivity contribution in [1.29, 1.82) is 0 Å². The molecule has 137 heavy (non-hydrogen) atoms. The standard InChI is InChI=1S/C17H23NO.C16H21NO.C15H21NO2.C15H19NO.C14H18FNO.C14H19NO.C13H16FNO.C13H17NO2/c19-16-11-5-6-12-17(16,15-9-3-1-4-10-15)18-13-7-2-8-14-18;18-15-10-4-5-11-16(15,17-12-6-7-13-17)14-8-2-1-3-9-14;1-18-12-11-16-15(10-6-5-9-14(15)17)13-7-3-2-4-8-13;17-14-8-4-5-11-15(14,16-13-9-10-13)12-6-2-1-3-7-12;15-10-11-16-14(9-5-4-8-13(14)17)12-6-2-1-3-7-12;1-11-7-3-4-8-12(11)14(15-2)10-6-5-9-13(14)16;1-15-13(8-3-2-7-12(13)16)10-5-4-6-11(14)9-10;1-14-13(9-5-4-8-12(13)16)10-6-2-3-7-11(10)15/h1,3-4,9-10H,2,5-8,11-14H2;1-3,8-9H,4-7,10-13H2;2-4,7-8,16H,5-6,9-12H2,1H3;1-3,6-7,13,16H,4-5,8-11H2;1-3,6-7,16H,4-5,8-11H2;3-4,7-8,15H,5-6,9-10H2,1-2H3;4-6,9,15H,2-3,7-8H2,1H3;2-3,6-7,14-15H,4-5,8-9H2,1H3/t17-;16-;2*15-;2*14-;2*13-/m11111111/s1. The number of ketones is 8. The molecule has 20 heteroatoms. The SMILES string of the molecule is CN[C@@]1(c2cccc(F)c2)CCCCC1=O.CN[C@@]1(c2ccccc2C)CCCCC1=O.CN[C@@]1(c2ccccc2O)CCCCC1=O.COCCN[C@@]1(c2ccccc2)CCCCC1=O.O=C1CCCC[C@@]1(NC1CC1)c1ccccc1.O=C1CCCC[C@@]1(NCCF)c1ccccc1.O=C1CCCC[C@]1(c1ccccc1)N1CCCC1.O=C1CCCC[C@]1(c1ccccc1)N1CCCCC1. The van der Waals surface area contributed by atoms with Crippen molar-refractivity contribution in [3.63, 3.8) is 0 Å². The Morgan fingerprint density at radius 3 is 1.00 bits per heavy atom. The molecule has 8 aromatic carbocycles. The molecule has 2 heterocycles. The van der Waals surface area contributed by atoms with E-state index in [-0.39, 0.29) is 52.1 Å². The minimum absolute atomic E-state index is 0.173. The number of hydrogen-bond acceptors (Lipinski definition) is 18. The fourth-order valence-corrected chi connectivity index (χ4v) is 23.5. The number of alkyl halides is 1. The van der Waals surface area contributed by atoms with Gasteiger partial charge in [0.25, 0.3) is 0 Å². The van der Waals surface area contributed by atoms with Gasteiger partial charge >= 0.3 is 0 Å². The molecular formula is C117H154F2N8O10. The van der Waals surface area contributed by atoms with Gasteiger partial charge in [0, 0.05) is 83.2 Å². The molecule has 11 fully saturated rings. The van der Waals surface area contributed by atoms with Gasteiger partial charge in [0.05, 0.1) is 6.61 Å². The number of aryl methyl sites for hydroxylation is 1. The number of piperidine rings is 1. The number of rotatable bonds is 22. The van der Waals surface area contributed by atoms with E-state index in [0.717, 1.165) is 215 Å². The predicted molar refractivity (Wildman–Crippen MR) is 543 cm³/mol. The number of para-hydroxylation sites is 1. The van der Waals surface area contributed by atoms with Crippen LogP contribution in [-0.2, 0) is 87.4 Å². The molecule has 8 atom stereocenters. The molecule has 18 nitrogen and oxygen atoms in total. The Balaban J connectivity index is 0.000000141. The summed E-state index contributed by atoms with van der Waals surface area (Å²) in [7, 11) is 7.14. The van der Waals surface area contributed by atoms with E-state index in [2.05, 4.69) is 121 Å². The number of methoxy groups -OCH3 is 1. The van der Waals surface area contributed by atoms with Crippen LogP contribution in [0.2, 0.25) is 0 Å². The number of phenolic OH excluding ortho intramolecular Hbond substituents is 1. The third-order valence-corrected chi connectivity index (χ3v) is 31.1. The average molecular weight is 1870 g/mol. The molecule has 9 saturated carbocycles. The molecule has 2 saturated heterocycles. The van der Waals surface area contributed by atoms with E-state index in [1.807, 2.05) is 128 Å². The first-order valence-electron chi connectivity index (χ1n) is 51.7. The lowest BCUT2D eigenvalue weighted by atomic mass is 9.73. The number of carbonyl (C=O) groups is 8. The van der Waals surface area contributed by atoms with Crippen LogP contribution in [0.25, 0.3) is 0 Å². The fourth-order valence-electron chi connectivity index (χ4n) is 23.5. The van der Waals surface area contributed by atoms with Gasteiger partial charge in [-0.2, -0.15) is 0 Å². The van der Waals surface area contributed by atoms with E-state index in [1.54, 1.807) is 39.4 Å². The number of nitrogens with one attached hydrogen (secondary N) is 6. The molecule has 2 aliphatic heterocycles. The number of nitrogens with zero attached hydrogens (tertiary/aromatic N) is 2. The third kappa shape index (κ3) is 25.4. The van der Waals surface area contributed by atoms with Gasteiger partial charge in [0.2, 0.25) is 0 Å². The highest BCUT2D eigenvalue weighted by Crippen LogP contribution is 2.47. The maximum atomic E-state index is 13.2. The Morgan fingerprint density at radius 2 is 0.642 bits per heavy atom. The van der Waals surface area contributed by atoms with Crippen molar-refractivity contribution in [1.82, 2.24) is 41.7 Å². The molecule has 19 rings (SSSR count). The lowest BCUT2D eigenvalue weighted by Gasteiger charge is -2.47. The van der Waals surface area contributed by atoms with Crippen molar-refractivity contribution < 1.29 is 57.0 Å². The van der Waals surface area contributed by atoms with Crippen LogP contribution < -0.4 is 31.9 Å². The lowest BCUT2D eigenvalue weighted by molar-refractivity contribution is -0.136. The second-order valence-corrected chi connectivity index (χ2v) is 39.3. The van der Waals surface area contributed by atoms with Gasteiger partial charge in [0.1, 0.15) is 62.6 Å². The van der Waals surface area contributed by atoms with Crippen molar-refractivity contribution in [3.05, 3.63) is 280 Å². The van der Waals surface area contributed by atoms with E-state index in [1.165, 1.54) is 86.6 Å². The molecule has 0 radical (unpaired) electrons. The normalized spacial score (nSPS) is 26.9. The van der Waals surface area contributed by atoms with E-state index < -0.39 is 34.4 Å². The minimum atomic E-state index is -0.677. The average Bonchev–Trinajstić information content (AvgIpc) is 1.74. The molecular weight excluding hydrogens is 1720 g/mol. The molecule has 0 spiro atoms. The van der Waals surface area contributed by atoms with Crippen LogP contribution in [0.15, 0.2) is 224 Å². The van der Waals surface area contributed by atoms with Crippen molar-refractivity contribution in [2.75, 3.05) is 80.8 Å². The Hall–Kier alpha value is -9.58. The maximum absolute atomic E-state index is 13.2. The quantitative estimate of drug-likeness (QED) is 0.0312. The number of benzene rings is 8. The van der Waals surface area contributed by atoms with E-state index in [9.17, 15) is 52.2 Å². The molecule has 7 N–H and O–H groups in total. The number of aromatic hydroxyl groups is 1. The number of halogens is 2. The van der Waals surface area contributed by atoms with Gasteiger partial charge in [-0.15, -0.1) is 0 Å². The van der Waals surface area contributed by atoms with Crippen LogP contribution in [0.1, 0.15) is 300 Å². The number of likely N-dealkylation sites (N-methyl/N-ethyl adjacent to an activating group) is 3. The largest absolute Gasteiger partial charge is 0.508 e. The summed E-state index contributed by atoms with van der Waals surface area (Å²) < 4.78 is 30.7. The number of likely N-dealkylation sites (tertiary alicyclic amines) is 2. The maximum Gasteiger partial charge on any atom is 0.157 e. The summed E-state index contributed by atoms with van der Waals surface area (Å²) in [4.78, 5) is 104. The third-order valence-electron chi connectivity index (χ3n) is 31.1. The van der Waals surface area contributed by atoms with Crippen molar-refractivity contribution in [2.24, 2.45) is 0 Å². The highest BCUT2D eigenvalue weighted by atomic mass is 19.1. The Bertz CT molecular complexity index is 5080. The minimum Gasteiger partial charge on any atom is -0.508 e. The smallest absolute Gasteiger partial charge is 0.157 e. The van der Waals surface area contributed by atoms with E-state index in [4.69, 9.17) is 4.74 Å². The zero-order valence-electron chi connectivity index (χ0n) is 82.4. The van der Waals surface area contributed by atoms with Crippen LogP contribution in [-0.4, -0.2) is 148 Å². The molecule has 0 bridgehead atoms. The Morgan fingerprint density at radius 1 is 0.328 bits per heavy atom. The van der Waals surface area contributed by atoms with E-state index in [0.29, 0.717) is 85.8 Å². The highest BCUT2D eigenvalue weighted by Gasteiger charge is 2.51. The lowest BCUT2D eigenvalue weighted by Crippen LogP contribution is -2.55. The summed E-state index contributed by atoms with van der Waals surface area (Å²) >= 11 is 0. The summed E-state index contributed by atoms with van der Waals surface area (Å²) in [6, 6.07) is 73.2. The zero-order chi connectivity index (χ0) is 97.0.